The lowest BCUT2D eigenvalue weighted by Crippen LogP contribution is -2.11. The Morgan fingerprint density at radius 3 is 2.96 bits per heavy atom. The highest BCUT2D eigenvalue weighted by atomic mass is 32.1. The monoisotopic (exact) mass is 350 g/mol. The number of fused-ring (bicyclic) bond motifs is 1. The molecule has 0 unspecified atom stereocenters. The zero-order chi connectivity index (χ0) is 17.2. The molecule has 0 saturated heterocycles. The number of H-pyrrole nitrogens is 1. The van der Waals surface area contributed by atoms with Crippen molar-refractivity contribution in [2.45, 2.75) is 0 Å². The van der Waals surface area contributed by atoms with E-state index < -0.39 is 0 Å². The first-order valence-electron chi connectivity index (χ1n) is 7.59. The molecule has 25 heavy (non-hydrogen) atoms. The van der Waals surface area contributed by atoms with Gasteiger partial charge in [0.1, 0.15) is 11.5 Å². The zero-order valence-corrected chi connectivity index (χ0v) is 14.1. The van der Waals surface area contributed by atoms with E-state index in [0.717, 1.165) is 15.6 Å². The van der Waals surface area contributed by atoms with E-state index in [1.165, 1.54) is 11.5 Å². The van der Waals surface area contributed by atoms with Crippen molar-refractivity contribution in [2.75, 3.05) is 17.7 Å². The molecule has 0 aliphatic carbocycles. The van der Waals surface area contributed by atoms with Gasteiger partial charge in [0.15, 0.2) is 5.82 Å². The van der Waals surface area contributed by atoms with E-state index in [9.17, 15) is 4.79 Å². The maximum Gasteiger partial charge on any atom is 0.271 e. The summed E-state index contributed by atoms with van der Waals surface area (Å²) in [6.07, 6.45) is 4.91. The van der Waals surface area contributed by atoms with E-state index in [0.29, 0.717) is 23.0 Å². The number of hydrogen-bond acceptors (Lipinski definition) is 7. The number of benzene rings is 1. The molecular weight excluding hydrogens is 336 g/mol. The maximum absolute atomic E-state index is 12.2. The number of pyridine rings is 1. The average molecular weight is 350 g/mol. The molecule has 1 aromatic carbocycles. The molecule has 0 amide bonds. The first-order chi connectivity index (χ1) is 12.2. The fourth-order valence-electron chi connectivity index (χ4n) is 2.45. The van der Waals surface area contributed by atoms with E-state index >= 15 is 0 Å². The molecule has 4 rings (SSSR count). The van der Waals surface area contributed by atoms with Gasteiger partial charge in [0.05, 0.1) is 22.8 Å². The molecule has 3 N–H and O–H groups in total. The van der Waals surface area contributed by atoms with Crippen LogP contribution in [0, 0.1) is 0 Å². The predicted molar refractivity (Wildman–Crippen MR) is 101 cm³/mol. The number of rotatable bonds is 4. The lowest BCUT2D eigenvalue weighted by molar-refractivity contribution is 1.17. The summed E-state index contributed by atoms with van der Waals surface area (Å²) in [5.74, 6) is 1.32. The van der Waals surface area contributed by atoms with Gasteiger partial charge >= 0.3 is 0 Å². The fourth-order valence-corrected chi connectivity index (χ4v) is 3.19. The van der Waals surface area contributed by atoms with Crippen LogP contribution >= 0.6 is 11.5 Å². The summed E-state index contributed by atoms with van der Waals surface area (Å²) in [6.45, 7) is 0. The molecule has 0 radical (unpaired) electrons. The minimum atomic E-state index is -0.224. The molecule has 7 nitrogen and oxygen atoms in total. The van der Waals surface area contributed by atoms with Crippen LogP contribution in [0.4, 0.5) is 17.3 Å². The van der Waals surface area contributed by atoms with Crippen LogP contribution in [0.15, 0.2) is 53.7 Å². The number of aromatic nitrogens is 4. The molecule has 0 bridgehead atoms. The standard InChI is InChI=1S/C17H14N6OS/c1-18-15-9-19-8-13(21-15)10-6-12(17(24)20-7-10)22-16-11-4-2-3-5-14(11)25-23-16/h2-9H,1H3,(H,18,21)(H,20,24)(H,22,23). The van der Waals surface area contributed by atoms with Gasteiger partial charge in [0.25, 0.3) is 5.56 Å². The van der Waals surface area contributed by atoms with Crippen LogP contribution in [-0.4, -0.2) is 26.4 Å². The fraction of sp³-hybridized carbons (Fsp3) is 0.0588. The highest BCUT2D eigenvalue weighted by Gasteiger charge is 2.10. The quantitative estimate of drug-likeness (QED) is 0.523. The third kappa shape index (κ3) is 2.94. The van der Waals surface area contributed by atoms with Gasteiger partial charge < -0.3 is 15.6 Å². The predicted octanol–water partition coefficient (Wildman–Crippen LogP) is 3.23. The van der Waals surface area contributed by atoms with Crippen LogP contribution in [0.1, 0.15) is 0 Å². The molecule has 4 aromatic rings. The summed E-state index contributed by atoms with van der Waals surface area (Å²) in [7, 11) is 1.78. The lowest BCUT2D eigenvalue weighted by atomic mass is 10.2. The van der Waals surface area contributed by atoms with Crippen LogP contribution in [0.5, 0.6) is 0 Å². The van der Waals surface area contributed by atoms with Gasteiger partial charge in [-0.3, -0.25) is 9.78 Å². The molecular formula is C17H14N6OS. The minimum absolute atomic E-state index is 0.224. The van der Waals surface area contributed by atoms with E-state index in [2.05, 4.69) is 30.0 Å². The lowest BCUT2D eigenvalue weighted by Gasteiger charge is -2.07. The van der Waals surface area contributed by atoms with E-state index in [-0.39, 0.29) is 5.56 Å². The van der Waals surface area contributed by atoms with Crippen molar-refractivity contribution >= 4 is 38.9 Å². The van der Waals surface area contributed by atoms with Crippen molar-refractivity contribution in [3.05, 3.63) is 59.3 Å². The van der Waals surface area contributed by atoms with Gasteiger partial charge in [-0.15, -0.1) is 0 Å². The molecule has 0 fully saturated rings. The van der Waals surface area contributed by atoms with Crippen LogP contribution in [0.3, 0.4) is 0 Å². The van der Waals surface area contributed by atoms with Crippen LogP contribution in [0.25, 0.3) is 21.3 Å². The summed E-state index contributed by atoms with van der Waals surface area (Å²) in [6, 6.07) is 9.63. The minimum Gasteiger partial charge on any atom is -0.372 e. The Bertz CT molecular complexity index is 1100. The summed E-state index contributed by atoms with van der Waals surface area (Å²) in [5, 5.41) is 7.06. The topological polar surface area (TPSA) is 95.6 Å². The molecule has 0 saturated carbocycles. The first kappa shape index (κ1) is 15.3. The first-order valence-corrected chi connectivity index (χ1v) is 8.36. The van der Waals surface area contributed by atoms with Crippen molar-refractivity contribution < 1.29 is 0 Å². The van der Waals surface area contributed by atoms with Gasteiger partial charge in [-0.25, -0.2) is 4.98 Å². The Labute approximate surface area is 147 Å². The maximum atomic E-state index is 12.2. The van der Waals surface area contributed by atoms with E-state index in [4.69, 9.17) is 0 Å². The highest BCUT2D eigenvalue weighted by molar-refractivity contribution is 7.13. The van der Waals surface area contributed by atoms with Gasteiger partial charge in [-0.2, -0.15) is 4.37 Å². The summed E-state index contributed by atoms with van der Waals surface area (Å²) >= 11 is 1.39. The molecule has 0 spiro atoms. The molecule has 0 atom stereocenters. The Morgan fingerprint density at radius 2 is 2.08 bits per heavy atom. The number of anilines is 3. The molecule has 0 aliphatic rings. The van der Waals surface area contributed by atoms with Crippen molar-refractivity contribution in [3.8, 4) is 11.3 Å². The van der Waals surface area contributed by atoms with Gasteiger partial charge in [-0.1, -0.05) is 12.1 Å². The summed E-state index contributed by atoms with van der Waals surface area (Å²) in [4.78, 5) is 23.5. The molecule has 3 aromatic heterocycles. The van der Waals surface area contributed by atoms with Gasteiger partial charge in [-0.05, 0) is 29.7 Å². The summed E-state index contributed by atoms with van der Waals surface area (Å²) < 4.78 is 5.46. The molecule has 124 valence electrons. The third-order valence-electron chi connectivity index (χ3n) is 3.72. The Morgan fingerprint density at radius 1 is 1.20 bits per heavy atom. The second-order valence-electron chi connectivity index (χ2n) is 5.32. The van der Waals surface area contributed by atoms with Crippen molar-refractivity contribution in [3.63, 3.8) is 0 Å². The van der Waals surface area contributed by atoms with Crippen molar-refractivity contribution in [2.24, 2.45) is 0 Å². The van der Waals surface area contributed by atoms with Crippen molar-refractivity contribution in [1.82, 2.24) is 19.3 Å². The Kier molecular flexibility index (Phi) is 3.87. The second kappa shape index (κ2) is 6.33. The highest BCUT2D eigenvalue weighted by Crippen LogP contribution is 2.28. The molecule has 3 heterocycles. The van der Waals surface area contributed by atoms with E-state index in [1.54, 1.807) is 31.7 Å². The average Bonchev–Trinajstić information content (AvgIpc) is 3.07. The Balaban J connectivity index is 1.74. The largest absolute Gasteiger partial charge is 0.372 e. The van der Waals surface area contributed by atoms with Crippen molar-refractivity contribution in [1.29, 1.82) is 0 Å². The normalized spacial score (nSPS) is 10.8. The second-order valence-corrected chi connectivity index (χ2v) is 6.13. The summed E-state index contributed by atoms with van der Waals surface area (Å²) in [5.41, 5.74) is 1.60. The van der Waals surface area contributed by atoms with Gasteiger partial charge in [0, 0.05) is 24.2 Å². The Hall–Kier alpha value is -3.26. The smallest absolute Gasteiger partial charge is 0.271 e. The number of hydrogen-bond donors (Lipinski definition) is 3. The SMILES string of the molecule is CNc1cncc(-c2c[nH]c(=O)c(Nc3nsc4ccccc34)c2)n1. The van der Waals surface area contributed by atoms with Crippen LogP contribution < -0.4 is 16.2 Å². The molecule has 0 aliphatic heterocycles. The number of aromatic amines is 1. The van der Waals surface area contributed by atoms with Crippen LogP contribution in [0.2, 0.25) is 0 Å². The number of nitrogens with one attached hydrogen (secondary N) is 3. The van der Waals surface area contributed by atoms with Crippen LogP contribution in [-0.2, 0) is 0 Å². The zero-order valence-electron chi connectivity index (χ0n) is 13.3. The third-order valence-corrected chi connectivity index (χ3v) is 4.55. The van der Waals surface area contributed by atoms with Gasteiger partial charge in [0.2, 0.25) is 0 Å². The molecule has 8 heteroatoms. The number of nitrogens with zero attached hydrogens (tertiary/aromatic N) is 3. The van der Waals surface area contributed by atoms with E-state index in [1.807, 2.05) is 24.3 Å².